The minimum atomic E-state index is -0.239. The van der Waals surface area contributed by atoms with E-state index in [1.165, 1.54) is 39.0 Å². The predicted molar refractivity (Wildman–Crippen MR) is 140 cm³/mol. The molecule has 198 valence electrons. The summed E-state index contributed by atoms with van der Waals surface area (Å²) in [5.41, 5.74) is 0.807. The first-order valence-corrected chi connectivity index (χ1v) is 14.0. The van der Waals surface area contributed by atoms with E-state index in [-0.39, 0.29) is 28.3 Å². The first-order chi connectivity index (χ1) is 16.2. The molecule has 35 heavy (non-hydrogen) atoms. The molecular formula is C30H50N2O3. The Bertz CT molecular complexity index is 917. The maximum absolute atomic E-state index is 11.9. The highest BCUT2D eigenvalue weighted by molar-refractivity contribution is 5.66. The summed E-state index contributed by atoms with van der Waals surface area (Å²) in [6, 6.07) is 0.765. The fraction of sp³-hybridized carbons (Fsp3) is 0.900. The maximum atomic E-state index is 11.9. The number of fused-ring (bicyclic) bond motifs is 2. The molecule has 0 radical (unpaired) electrons. The summed E-state index contributed by atoms with van der Waals surface area (Å²) in [5.74, 6) is 1.09. The summed E-state index contributed by atoms with van der Waals surface area (Å²) in [6.45, 7) is 11.7. The van der Waals surface area contributed by atoms with Crippen LogP contribution in [0.4, 0.5) is 0 Å². The highest BCUT2D eigenvalue weighted by Gasteiger charge is 2.82. The standard InChI is InChI=1S/C30H50N2O3/c1-19(31(6)7)25-21(34)16-28(5)23-11-10-22-26(3,18-35-20(2)33)24(32(8)9)12-13-29(22)17-30(23,29)15-14-27(25,28)4/h10-11,19,21-25,34H,12-18H2,1-9H3/t19-,21+,22-,23-,24-,25-,26+,27+,28-,29+,30-/m0/s1. The Morgan fingerprint density at radius 1 is 1.03 bits per heavy atom. The van der Waals surface area contributed by atoms with Crippen LogP contribution < -0.4 is 0 Å². The molecule has 0 aromatic heterocycles. The molecule has 0 saturated heterocycles. The van der Waals surface area contributed by atoms with Crippen molar-refractivity contribution in [1.82, 2.24) is 9.80 Å². The number of rotatable bonds is 5. The number of esters is 1. The van der Waals surface area contributed by atoms with Crippen LogP contribution in [-0.2, 0) is 9.53 Å². The minimum absolute atomic E-state index is 0.0861. The molecule has 0 amide bonds. The van der Waals surface area contributed by atoms with Crippen molar-refractivity contribution in [2.24, 2.45) is 44.8 Å². The van der Waals surface area contributed by atoms with Gasteiger partial charge in [0.2, 0.25) is 0 Å². The molecular weight excluding hydrogens is 436 g/mol. The minimum Gasteiger partial charge on any atom is -0.465 e. The zero-order valence-electron chi connectivity index (χ0n) is 23.7. The van der Waals surface area contributed by atoms with E-state index in [1.807, 2.05) is 0 Å². The van der Waals surface area contributed by atoms with Crippen LogP contribution in [0.5, 0.6) is 0 Å². The van der Waals surface area contributed by atoms with Gasteiger partial charge in [-0.25, -0.2) is 0 Å². The summed E-state index contributed by atoms with van der Waals surface area (Å²) in [6.07, 6.45) is 12.0. The molecule has 5 nitrogen and oxygen atoms in total. The third-order valence-corrected chi connectivity index (χ3v) is 12.9. The second-order valence-corrected chi connectivity index (χ2v) is 14.5. The van der Waals surface area contributed by atoms with Gasteiger partial charge in [0, 0.05) is 30.3 Å². The van der Waals surface area contributed by atoms with E-state index < -0.39 is 0 Å². The van der Waals surface area contributed by atoms with Gasteiger partial charge in [0.25, 0.3) is 0 Å². The number of aliphatic hydroxyl groups excluding tert-OH is 1. The number of nitrogens with zero attached hydrogens (tertiary/aromatic N) is 2. The second-order valence-electron chi connectivity index (χ2n) is 14.5. The van der Waals surface area contributed by atoms with Gasteiger partial charge in [-0.1, -0.05) is 32.9 Å². The lowest BCUT2D eigenvalue weighted by Crippen LogP contribution is -2.60. The van der Waals surface area contributed by atoms with Crippen molar-refractivity contribution in [1.29, 1.82) is 0 Å². The monoisotopic (exact) mass is 486 g/mol. The lowest BCUT2D eigenvalue weighted by Gasteiger charge is -2.62. The molecule has 5 aliphatic carbocycles. The normalized spacial score (nSPS) is 53.0. The molecule has 5 heteroatoms. The Kier molecular flexibility index (Phi) is 5.73. The molecule has 4 saturated carbocycles. The van der Waals surface area contributed by atoms with E-state index in [2.05, 4.69) is 77.8 Å². The number of hydrogen-bond acceptors (Lipinski definition) is 5. The van der Waals surface area contributed by atoms with Gasteiger partial charge in [-0.2, -0.15) is 0 Å². The third kappa shape index (κ3) is 3.07. The van der Waals surface area contributed by atoms with Crippen molar-refractivity contribution >= 4 is 5.97 Å². The van der Waals surface area contributed by atoms with E-state index in [0.29, 0.717) is 47.3 Å². The Hall–Kier alpha value is -0.910. The number of ether oxygens (including phenoxy) is 1. The average Bonchev–Trinajstić information content (AvgIpc) is 3.36. The Balaban J connectivity index is 1.55. The van der Waals surface area contributed by atoms with Crippen LogP contribution in [0.3, 0.4) is 0 Å². The van der Waals surface area contributed by atoms with E-state index in [9.17, 15) is 9.90 Å². The molecule has 0 heterocycles. The first kappa shape index (κ1) is 25.7. The van der Waals surface area contributed by atoms with Gasteiger partial charge >= 0.3 is 5.97 Å². The first-order valence-electron chi connectivity index (χ1n) is 14.0. The molecule has 11 atom stereocenters. The van der Waals surface area contributed by atoms with Crippen molar-refractivity contribution in [3.8, 4) is 0 Å². The quantitative estimate of drug-likeness (QED) is 0.455. The molecule has 4 fully saturated rings. The molecule has 0 aromatic rings. The van der Waals surface area contributed by atoms with Crippen LogP contribution in [0.25, 0.3) is 0 Å². The summed E-state index contributed by atoms with van der Waals surface area (Å²) in [7, 11) is 8.70. The summed E-state index contributed by atoms with van der Waals surface area (Å²) in [5, 5.41) is 11.5. The zero-order valence-corrected chi connectivity index (χ0v) is 23.7. The van der Waals surface area contributed by atoms with Crippen LogP contribution in [-0.4, -0.2) is 73.9 Å². The maximum Gasteiger partial charge on any atom is 0.302 e. The molecule has 5 rings (SSSR count). The Morgan fingerprint density at radius 3 is 2.26 bits per heavy atom. The van der Waals surface area contributed by atoms with Crippen molar-refractivity contribution in [3.05, 3.63) is 12.2 Å². The van der Waals surface area contributed by atoms with Crippen LogP contribution >= 0.6 is 0 Å². The number of aliphatic hydroxyl groups is 1. The van der Waals surface area contributed by atoms with Crippen LogP contribution in [0.1, 0.15) is 73.1 Å². The smallest absolute Gasteiger partial charge is 0.302 e. The average molecular weight is 487 g/mol. The van der Waals surface area contributed by atoms with Gasteiger partial charge in [0.1, 0.15) is 0 Å². The van der Waals surface area contributed by atoms with E-state index >= 15 is 0 Å². The largest absolute Gasteiger partial charge is 0.465 e. The highest BCUT2D eigenvalue weighted by Crippen LogP contribution is 2.87. The molecule has 0 aromatic carbocycles. The van der Waals surface area contributed by atoms with Gasteiger partial charge in [-0.15, -0.1) is 0 Å². The molecule has 2 spiro atoms. The molecule has 0 unspecified atom stereocenters. The number of allylic oxidation sites excluding steroid dienone is 2. The summed E-state index contributed by atoms with van der Waals surface area (Å²) >= 11 is 0. The number of carbonyl (C=O) groups is 1. The van der Waals surface area contributed by atoms with Gasteiger partial charge in [0.15, 0.2) is 0 Å². The fourth-order valence-corrected chi connectivity index (χ4v) is 11.0. The van der Waals surface area contributed by atoms with Gasteiger partial charge < -0.3 is 19.6 Å². The fourth-order valence-electron chi connectivity index (χ4n) is 11.0. The van der Waals surface area contributed by atoms with Crippen molar-refractivity contribution in [2.45, 2.75) is 91.3 Å². The van der Waals surface area contributed by atoms with E-state index in [0.717, 1.165) is 6.42 Å². The SMILES string of the molecule is CC(=O)OC[C@@]1(C)[C@@H](N(C)C)CC[C@]23C[C@]24CC[C@]2(C)[C@@H]([C@H](C)N(C)C)[C@H](O)C[C@@]2(C)[C@@H]4C=C[C@@H]13. The van der Waals surface area contributed by atoms with Crippen molar-refractivity contribution in [2.75, 3.05) is 34.8 Å². The van der Waals surface area contributed by atoms with Crippen molar-refractivity contribution in [3.63, 3.8) is 0 Å². The molecule has 0 aliphatic heterocycles. The Labute approximate surface area is 213 Å². The third-order valence-electron chi connectivity index (χ3n) is 12.9. The highest BCUT2D eigenvalue weighted by atomic mass is 16.5. The summed E-state index contributed by atoms with van der Waals surface area (Å²) < 4.78 is 5.76. The van der Waals surface area contributed by atoms with Gasteiger partial charge in [0.05, 0.1) is 12.7 Å². The van der Waals surface area contributed by atoms with Gasteiger partial charge in [-0.05, 0) is 107 Å². The predicted octanol–water partition coefficient (Wildman–Crippen LogP) is 4.60. The topological polar surface area (TPSA) is 53.0 Å². The van der Waals surface area contributed by atoms with E-state index in [1.54, 1.807) is 0 Å². The van der Waals surface area contributed by atoms with Crippen molar-refractivity contribution < 1.29 is 14.6 Å². The number of hydrogen-bond donors (Lipinski definition) is 1. The van der Waals surface area contributed by atoms with Gasteiger partial charge in [-0.3, -0.25) is 4.79 Å². The second kappa shape index (κ2) is 7.80. The van der Waals surface area contributed by atoms with Crippen LogP contribution in [0, 0.1) is 44.8 Å². The lowest BCUT2D eigenvalue weighted by molar-refractivity contribution is -0.154. The molecule has 1 N–H and O–H groups in total. The molecule has 5 aliphatic rings. The van der Waals surface area contributed by atoms with E-state index in [4.69, 9.17) is 4.74 Å². The van der Waals surface area contributed by atoms with Crippen LogP contribution in [0.15, 0.2) is 12.2 Å². The summed E-state index contributed by atoms with van der Waals surface area (Å²) in [4.78, 5) is 16.5. The lowest BCUT2D eigenvalue weighted by atomic mass is 9.43. The zero-order chi connectivity index (χ0) is 25.8. The Morgan fingerprint density at radius 2 is 1.66 bits per heavy atom. The number of carbonyl (C=O) groups excluding carboxylic acids is 1. The van der Waals surface area contributed by atoms with Crippen LogP contribution in [0.2, 0.25) is 0 Å². The molecule has 0 bridgehead atoms.